The van der Waals surface area contributed by atoms with E-state index in [1.807, 2.05) is 0 Å². The van der Waals surface area contributed by atoms with E-state index in [0.29, 0.717) is 6.67 Å². The standard InChI is InChI=1S/C49H51N3O/c1-47(2,3)33-16-14-18-37(27-33)52-43-21-11-10-20-41(43)42-25-24-40(31-46(42)52)53-39-19-15-17-36(30-39)50-32-51(45-23-13-12-22-44(45)50)38-28-34(48(4,5)6)26-35(29-38)49(7,8)9/h10-31H,32H2,1-9H3. The highest BCUT2D eigenvalue weighted by atomic mass is 16.5. The molecule has 0 aliphatic carbocycles. The third-order valence-electron chi connectivity index (χ3n) is 10.7. The van der Waals surface area contributed by atoms with Crippen molar-refractivity contribution in [2.24, 2.45) is 0 Å². The summed E-state index contributed by atoms with van der Waals surface area (Å²) in [4.78, 5) is 4.85. The molecule has 0 saturated carbocycles. The molecule has 0 unspecified atom stereocenters. The molecule has 268 valence electrons. The van der Waals surface area contributed by atoms with Crippen LogP contribution < -0.4 is 14.5 Å². The lowest BCUT2D eigenvalue weighted by atomic mass is 9.80. The summed E-state index contributed by atoms with van der Waals surface area (Å²) >= 11 is 0. The van der Waals surface area contributed by atoms with Crippen LogP contribution in [0, 0.1) is 0 Å². The van der Waals surface area contributed by atoms with Gasteiger partial charge in [0.25, 0.3) is 0 Å². The first kappa shape index (κ1) is 34.6. The van der Waals surface area contributed by atoms with Gasteiger partial charge in [0.2, 0.25) is 0 Å². The number of anilines is 4. The van der Waals surface area contributed by atoms with Crippen LogP contribution in [0.2, 0.25) is 0 Å². The maximum atomic E-state index is 6.70. The van der Waals surface area contributed by atoms with Gasteiger partial charge in [0.1, 0.15) is 18.2 Å². The average molecular weight is 698 g/mol. The second kappa shape index (κ2) is 12.6. The molecule has 0 N–H and O–H groups in total. The summed E-state index contributed by atoms with van der Waals surface area (Å²) in [6.45, 7) is 21.3. The Morgan fingerprint density at radius 3 is 1.64 bits per heavy atom. The van der Waals surface area contributed by atoms with Gasteiger partial charge in [0.05, 0.1) is 22.4 Å². The molecule has 1 aliphatic heterocycles. The van der Waals surface area contributed by atoms with Crippen LogP contribution in [-0.2, 0) is 16.2 Å². The molecule has 0 radical (unpaired) electrons. The van der Waals surface area contributed by atoms with Crippen LogP contribution in [0.25, 0.3) is 27.5 Å². The average Bonchev–Trinajstić information content (AvgIpc) is 3.67. The highest BCUT2D eigenvalue weighted by Crippen LogP contribution is 2.46. The monoisotopic (exact) mass is 697 g/mol. The SMILES string of the molecule is CC(C)(C)c1cccc(-n2c3ccccc3c3ccc(Oc4cccc(N5CN(c6cc(C(C)(C)C)cc(C(C)(C)C)c6)c6ccccc65)c4)cc32)c1. The van der Waals surface area contributed by atoms with Crippen molar-refractivity contribution in [2.45, 2.75) is 78.6 Å². The molecule has 0 bridgehead atoms. The zero-order valence-corrected chi connectivity index (χ0v) is 32.7. The van der Waals surface area contributed by atoms with Crippen molar-refractivity contribution in [3.05, 3.63) is 150 Å². The lowest BCUT2D eigenvalue weighted by Gasteiger charge is -2.29. The number of rotatable bonds is 5. The molecule has 6 aromatic carbocycles. The predicted molar refractivity (Wildman–Crippen MR) is 225 cm³/mol. The van der Waals surface area contributed by atoms with Crippen LogP contribution in [0.5, 0.6) is 11.5 Å². The van der Waals surface area contributed by atoms with E-state index >= 15 is 0 Å². The van der Waals surface area contributed by atoms with Crippen LogP contribution in [0.15, 0.2) is 133 Å². The van der Waals surface area contributed by atoms with Crippen LogP contribution in [-0.4, -0.2) is 11.2 Å². The van der Waals surface area contributed by atoms with Gasteiger partial charge in [-0.15, -0.1) is 0 Å². The second-order valence-corrected chi connectivity index (χ2v) is 17.7. The van der Waals surface area contributed by atoms with Gasteiger partial charge in [0, 0.05) is 40.0 Å². The number of fused-ring (bicyclic) bond motifs is 4. The molecule has 0 fully saturated rings. The van der Waals surface area contributed by atoms with E-state index in [9.17, 15) is 0 Å². The van der Waals surface area contributed by atoms with E-state index < -0.39 is 0 Å². The van der Waals surface area contributed by atoms with Crippen molar-refractivity contribution in [2.75, 3.05) is 16.5 Å². The van der Waals surface area contributed by atoms with Crippen LogP contribution in [0.4, 0.5) is 22.7 Å². The van der Waals surface area contributed by atoms with E-state index in [4.69, 9.17) is 4.74 Å². The molecule has 8 rings (SSSR count). The lowest BCUT2D eigenvalue weighted by molar-refractivity contribution is 0.483. The second-order valence-electron chi connectivity index (χ2n) is 17.7. The first-order valence-corrected chi connectivity index (χ1v) is 18.9. The minimum Gasteiger partial charge on any atom is -0.457 e. The smallest absolute Gasteiger partial charge is 0.129 e. The van der Waals surface area contributed by atoms with E-state index in [1.54, 1.807) is 0 Å². The largest absolute Gasteiger partial charge is 0.457 e. The molecule has 0 spiro atoms. The van der Waals surface area contributed by atoms with E-state index in [-0.39, 0.29) is 16.2 Å². The number of para-hydroxylation sites is 3. The van der Waals surface area contributed by atoms with Gasteiger partial charge in [-0.1, -0.05) is 117 Å². The molecule has 2 heterocycles. The Labute approximate surface area is 315 Å². The van der Waals surface area contributed by atoms with Gasteiger partial charge in [-0.05, 0) is 99.7 Å². The van der Waals surface area contributed by atoms with E-state index in [0.717, 1.165) is 28.4 Å². The fourth-order valence-corrected chi connectivity index (χ4v) is 7.54. The van der Waals surface area contributed by atoms with Crippen LogP contribution in [0.3, 0.4) is 0 Å². The van der Waals surface area contributed by atoms with Gasteiger partial charge in [0.15, 0.2) is 0 Å². The summed E-state index contributed by atoms with van der Waals surface area (Å²) in [6.07, 6.45) is 0. The molecule has 0 amide bonds. The van der Waals surface area contributed by atoms with Gasteiger partial charge < -0.3 is 19.1 Å². The Morgan fingerprint density at radius 1 is 0.415 bits per heavy atom. The summed E-state index contributed by atoms with van der Waals surface area (Å²) in [7, 11) is 0. The summed E-state index contributed by atoms with van der Waals surface area (Å²) < 4.78 is 9.08. The fourth-order valence-electron chi connectivity index (χ4n) is 7.54. The Morgan fingerprint density at radius 2 is 0.962 bits per heavy atom. The number of hydrogen-bond acceptors (Lipinski definition) is 3. The summed E-state index contributed by atoms with van der Waals surface area (Å²) in [5.74, 6) is 1.61. The Kier molecular flexibility index (Phi) is 8.21. The molecule has 0 saturated heterocycles. The Balaban J connectivity index is 1.15. The third-order valence-corrected chi connectivity index (χ3v) is 10.7. The van der Waals surface area contributed by atoms with Gasteiger partial charge >= 0.3 is 0 Å². The zero-order chi connectivity index (χ0) is 37.3. The maximum absolute atomic E-state index is 6.70. The molecule has 7 aromatic rings. The first-order valence-electron chi connectivity index (χ1n) is 18.9. The molecule has 1 aliphatic rings. The summed E-state index contributed by atoms with van der Waals surface area (Å²) in [6, 6.07) is 48.5. The fraction of sp³-hybridized carbons (Fsp3) is 0.265. The van der Waals surface area contributed by atoms with Crippen molar-refractivity contribution in [3.63, 3.8) is 0 Å². The van der Waals surface area contributed by atoms with Crippen LogP contribution >= 0.6 is 0 Å². The minimum absolute atomic E-state index is 0.0362. The van der Waals surface area contributed by atoms with Gasteiger partial charge in [-0.25, -0.2) is 0 Å². The first-order chi connectivity index (χ1) is 25.1. The van der Waals surface area contributed by atoms with E-state index in [1.165, 1.54) is 50.0 Å². The molecular formula is C49H51N3O. The number of nitrogens with zero attached hydrogens (tertiary/aromatic N) is 3. The van der Waals surface area contributed by atoms with Crippen molar-refractivity contribution >= 4 is 44.6 Å². The molecule has 0 atom stereocenters. The third kappa shape index (κ3) is 6.45. The molecule has 4 heteroatoms. The number of ether oxygens (including phenoxy) is 1. The van der Waals surface area contributed by atoms with Crippen LogP contribution in [0.1, 0.15) is 79.0 Å². The summed E-state index contributed by atoms with van der Waals surface area (Å²) in [5.41, 5.74) is 12.3. The summed E-state index contributed by atoms with van der Waals surface area (Å²) in [5, 5.41) is 2.44. The maximum Gasteiger partial charge on any atom is 0.129 e. The highest BCUT2D eigenvalue weighted by Gasteiger charge is 2.30. The topological polar surface area (TPSA) is 20.6 Å². The number of benzene rings is 6. The molecule has 53 heavy (non-hydrogen) atoms. The zero-order valence-electron chi connectivity index (χ0n) is 32.7. The highest BCUT2D eigenvalue weighted by molar-refractivity contribution is 6.09. The molecule has 4 nitrogen and oxygen atoms in total. The molecular weight excluding hydrogens is 647 g/mol. The van der Waals surface area contributed by atoms with Crippen molar-refractivity contribution < 1.29 is 4.74 Å². The number of aromatic nitrogens is 1. The number of hydrogen-bond donors (Lipinski definition) is 0. The quantitative estimate of drug-likeness (QED) is 0.179. The lowest BCUT2D eigenvalue weighted by Crippen LogP contribution is -2.25. The van der Waals surface area contributed by atoms with Crippen molar-refractivity contribution in [1.82, 2.24) is 4.57 Å². The predicted octanol–water partition coefficient (Wildman–Crippen LogP) is 13.7. The minimum atomic E-state index is 0.0362. The Bertz CT molecular complexity index is 2450. The van der Waals surface area contributed by atoms with Gasteiger partial charge in [-0.2, -0.15) is 0 Å². The van der Waals surface area contributed by atoms with Crippen molar-refractivity contribution in [1.29, 1.82) is 0 Å². The molecule has 1 aromatic heterocycles. The van der Waals surface area contributed by atoms with Gasteiger partial charge in [-0.3, -0.25) is 0 Å². The Hall–Kier alpha value is -5.48. The van der Waals surface area contributed by atoms with Crippen molar-refractivity contribution in [3.8, 4) is 17.2 Å². The van der Waals surface area contributed by atoms with E-state index in [2.05, 4.69) is 210 Å². The normalized spacial score (nSPS) is 13.6.